The van der Waals surface area contributed by atoms with Crippen molar-refractivity contribution in [3.05, 3.63) is 58.1 Å². The summed E-state index contributed by atoms with van der Waals surface area (Å²) in [5.41, 5.74) is 2.99. The Kier molecular flexibility index (Phi) is 6.08. The predicted octanol–water partition coefficient (Wildman–Crippen LogP) is 4.34. The number of rotatable bonds is 7. The minimum absolute atomic E-state index is 0.0528. The number of aliphatic hydroxyl groups is 1. The summed E-state index contributed by atoms with van der Waals surface area (Å²) in [6.07, 6.45) is 0.988. The Hall–Kier alpha value is -1.52. The Morgan fingerprint density at radius 1 is 1.19 bits per heavy atom. The molecule has 2 N–H and O–H groups in total. The van der Waals surface area contributed by atoms with E-state index in [0.717, 1.165) is 33.5 Å². The molecule has 0 aliphatic rings. The summed E-state index contributed by atoms with van der Waals surface area (Å²) in [6, 6.07) is 13.8. The Labute approximate surface area is 134 Å². The molecule has 0 amide bonds. The second-order valence-electron chi connectivity index (χ2n) is 4.81. The Morgan fingerprint density at radius 2 is 2.05 bits per heavy atom. The van der Waals surface area contributed by atoms with Gasteiger partial charge in [-0.3, -0.25) is 0 Å². The van der Waals surface area contributed by atoms with Gasteiger partial charge in [0.2, 0.25) is 0 Å². The minimum atomic E-state index is 0.0528. The van der Waals surface area contributed by atoms with Gasteiger partial charge in [-0.05, 0) is 42.3 Å². The molecule has 0 unspecified atom stereocenters. The predicted molar refractivity (Wildman–Crippen MR) is 89.6 cm³/mol. The van der Waals surface area contributed by atoms with Crippen LogP contribution in [0.5, 0.6) is 5.75 Å². The molecular formula is C17H20BrNO2. The first kappa shape index (κ1) is 15.9. The lowest BCUT2D eigenvalue weighted by molar-refractivity contribution is 0.282. The van der Waals surface area contributed by atoms with E-state index in [1.807, 2.05) is 36.4 Å². The third kappa shape index (κ3) is 4.76. The number of halogens is 1. The number of anilines is 1. The average Bonchev–Trinajstić information content (AvgIpc) is 2.52. The fourth-order valence-electron chi connectivity index (χ4n) is 2.02. The zero-order chi connectivity index (χ0) is 15.1. The molecule has 0 aliphatic heterocycles. The van der Waals surface area contributed by atoms with Gasteiger partial charge < -0.3 is 15.2 Å². The van der Waals surface area contributed by atoms with Crippen molar-refractivity contribution in [1.82, 2.24) is 0 Å². The first-order chi connectivity index (χ1) is 10.2. The van der Waals surface area contributed by atoms with Crippen molar-refractivity contribution in [2.45, 2.75) is 26.5 Å². The molecule has 3 nitrogen and oxygen atoms in total. The van der Waals surface area contributed by atoms with Crippen molar-refractivity contribution in [3.8, 4) is 5.75 Å². The van der Waals surface area contributed by atoms with Crippen LogP contribution in [0.2, 0.25) is 0 Å². The van der Waals surface area contributed by atoms with Crippen LogP contribution in [0.15, 0.2) is 46.9 Å². The number of ether oxygens (including phenoxy) is 1. The molecule has 0 spiro atoms. The van der Waals surface area contributed by atoms with Crippen molar-refractivity contribution in [3.63, 3.8) is 0 Å². The molecule has 0 saturated carbocycles. The molecule has 2 aromatic carbocycles. The van der Waals surface area contributed by atoms with Crippen LogP contribution in [0.3, 0.4) is 0 Å². The van der Waals surface area contributed by atoms with E-state index in [-0.39, 0.29) is 6.61 Å². The van der Waals surface area contributed by atoms with Crippen LogP contribution < -0.4 is 10.1 Å². The Morgan fingerprint density at radius 3 is 2.81 bits per heavy atom. The lowest BCUT2D eigenvalue weighted by Crippen LogP contribution is -2.04. The summed E-state index contributed by atoms with van der Waals surface area (Å²) >= 11 is 3.50. The third-order valence-electron chi connectivity index (χ3n) is 3.08. The van der Waals surface area contributed by atoms with Crippen molar-refractivity contribution >= 4 is 21.6 Å². The van der Waals surface area contributed by atoms with Crippen LogP contribution in [0.4, 0.5) is 5.69 Å². The number of aliphatic hydroxyl groups excluding tert-OH is 1. The first-order valence-corrected chi connectivity index (χ1v) is 7.87. The van der Waals surface area contributed by atoms with Gasteiger partial charge in [0.25, 0.3) is 0 Å². The van der Waals surface area contributed by atoms with Gasteiger partial charge in [-0.2, -0.15) is 0 Å². The summed E-state index contributed by atoms with van der Waals surface area (Å²) in [5, 5.41) is 12.5. The highest BCUT2D eigenvalue weighted by Crippen LogP contribution is 2.24. The van der Waals surface area contributed by atoms with Gasteiger partial charge >= 0.3 is 0 Å². The molecule has 0 heterocycles. The SMILES string of the molecule is CCCOc1ccc(Br)cc1CNc1cccc(CO)c1. The molecule has 0 radical (unpaired) electrons. The molecule has 0 saturated heterocycles. The van der Waals surface area contributed by atoms with Gasteiger partial charge in [-0.1, -0.05) is 35.0 Å². The van der Waals surface area contributed by atoms with Crippen molar-refractivity contribution in [2.24, 2.45) is 0 Å². The van der Waals surface area contributed by atoms with Crippen molar-refractivity contribution in [2.75, 3.05) is 11.9 Å². The zero-order valence-electron chi connectivity index (χ0n) is 12.1. The normalized spacial score (nSPS) is 10.4. The topological polar surface area (TPSA) is 41.5 Å². The highest BCUT2D eigenvalue weighted by molar-refractivity contribution is 9.10. The van der Waals surface area contributed by atoms with Crippen LogP contribution in [-0.2, 0) is 13.2 Å². The summed E-state index contributed by atoms with van der Waals surface area (Å²) in [6.45, 7) is 3.54. The lowest BCUT2D eigenvalue weighted by atomic mass is 10.1. The summed E-state index contributed by atoms with van der Waals surface area (Å²) in [4.78, 5) is 0. The van der Waals surface area contributed by atoms with E-state index in [1.165, 1.54) is 0 Å². The fourth-order valence-corrected chi connectivity index (χ4v) is 2.42. The highest BCUT2D eigenvalue weighted by atomic mass is 79.9. The Bertz CT molecular complexity index is 587. The molecule has 0 aromatic heterocycles. The number of nitrogens with one attached hydrogen (secondary N) is 1. The lowest BCUT2D eigenvalue weighted by Gasteiger charge is -2.13. The molecule has 112 valence electrons. The second-order valence-corrected chi connectivity index (χ2v) is 5.73. The minimum Gasteiger partial charge on any atom is -0.493 e. The third-order valence-corrected chi connectivity index (χ3v) is 3.57. The maximum atomic E-state index is 9.17. The quantitative estimate of drug-likeness (QED) is 0.780. The number of hydrogen-bond donors (Lipinski definition) is 2. The molecule has 0 bridgehead atoms. The van der Waals surface area contributed by atoms with E-state index in [2.05, 4.69) is 34.2 Å². The maximum absolute atomic E-state index is 9.17. The number of benzene rings is 2. The van der Waals surface area contributed by atoms with Gasteiger partial charge in [0.1, 0.15) is 5.75 Å². The molecular weight excluding hydrogens is 330 g/mol. The average molecular weight is 350 g/mol. The molecule has 21 heavy (non-hydrogen) atoms. The summed E-state index contributed by atoms with van der Waals surface area (Å²) in [5.74, 6) is 0.908. The maximum Gasteiger partial charge on any atom is 0.124 e. The molecule has 2 rings (SSSR count). The molecule has 2 aromatic rings. The van der Waals surface area contributed by atoms with Crippen molar-refractivity contribution in [1.29, 1.82) is 0 Å². The van der Waals surface area contributed by atoms with Crippen LogP contribution in [0.25, 0.3) is 0 Å². The van der Waals surface area contributed by atoms with E-state index in [9.17, 15) is 5.11 Å². The molecule has 4 heteroatoms. The Balaban J connectivity index is 2.09. The fraction of sp³-hybridized carbons (Fsp3) is 0.294. The second kappa shape index (κ2) is 8.05. The van der Waals surface area contributed by atoms with Gasteiger partial charge in [-0.15, -0.1) is 0 Å². The van der Waals surface area contributed by atoms with Gasteiger partial charge in [0, 0.05) is 22.3 Å². The van der Waals surface area contributed by atoms with Gasteiger partial charge in [-0.25, -0.2) is 0 Å². The van der Waals surface area contributed by atoms with E-state index >= 15 is 0 Å². The standard InChI is InChI=1S/C17H20BrNO2/c1-2-8-21-17-7-6-15(18)10-14(17)11-19-16-5-3-4-13(9-16)12-20/h3-7,9-10,19-20H,2,8,11-12H2,1H3. The van der Waals surface area contributed by atoms with E-state index in [1.54, 1.807) is 0 Å². The zero-order valence-corrected chi connectivity index (χ0v) is 13.7. The van der Waals surface area contributed by atoms with Crippen LogP contribution in [0.1, 0.15) is 24.5 Å². The smallest absolute Gasteiger partial charge is 0.124 e. The monoisotopic (exact) mass is 349 g/mol. The van der Waals surface area contributed by atoms with Crippen molar-refractivity contribution < 1.29 is 9.84 Å². The largest absolute Gasteiger partial charge is 0.493 e. The van der Waals surface area contributed by atoms with Crippen LogP contribution in [-0.4, -0.2) is 11.7 Å². The van der Waals surface area contributed by atoms with Gasteiger partial charge in [0.15, 0.2) is 0 Å². The summed E-state index contributed by atoms with van der Waals surface area (Å²) < 4.78 is 6.81. The van der Waals surface area contributed by atoms with E-state index < -0.39 is 0 Å². The molecule has 0 aliphatic carbocycles. The van der Waals surface area contributed by atoms with Gasteiger partial charge in [0.05, 0.1) is 13.2 Å². The van der Waals surface area contributed by atoms with Crippen LogP contribution in [0, 0.1) is 0 Å². The van der Waals surface area contributed by atoms with E-state index in [0.29, 0.717) is 13.2 Å². The van der Waals surface area contributed by atoms with E-state index in [4.69, 9.17) is 4.74 Å². The molecule has 0 fully saturated rings. The molecule has 0 atom stereocenters. The van der Waals surface area contributed by atoms with Crippen LogP contribution >= 0.6 is 15.9 Å². The highest BCUT2D eigenvalue weighted by Gasteiger charge is 2.05. The number of hydrogen-bond acceptors (Lipinski definition) is 3. The summed E-state index contributed by atoms with van der Waals surface area (Å²) in [7, 11) is 0. The first-order valence-electron chi connectivity index (χ1n) is 7.08.